The largest absolute Gasteiger partial charge is 0.476 e. The number of carboxylic acids is 1. The van der Waals surface area contributed by atoms with Crippen LogP contribution in [0.15, 0.2) is 102 Å². The molecule has 0 saturated carbocycles. The number of aromatic nitrogens is 1. The summed E-state index contributed by atoms with van der Waals surface area (Å²) in [6.07, 6.45) is 0. The highest BCUT2D eigenvalue weighted by atomic mass is 32.1. The Morgan fingerprint density at radius 1 is 0.917 bits per heavy atom. The second kappa shape index (κ2) is 11.3. The number of rotatable bonds is 10. The molecule has 0 aliphatic heterocycles. The van der Waals surface area contributed by atoms with Crippen molar-refractivity contribution in [3.05, 3.63) is 119 Å². The van der Waals surface area contributed by atoms with E-state index < -0.39 is 29.8 Å². The summed E-state index contributed by atoms with van der Waals surface area (Å²) in [5.41, 5.74) is 8.77. The first-order valence-electron chi connectivity index (χ1n) is 10.8. The van der Waals surface area contributed by atoms with Crippen molar-refractivity contribution in [3.63, 3.8) is 0 Å². The average molecular weight is 503 g/mol. The maximum atomic E-state index is 12.7. The minimum absolute atomic E-state index is 0.0397. The second-order valence-electron chi connectivity index (χ2n) is 7.50. The minimum Gasteiger partial charge on any atom is -0.476 e. The molecule has 0 fully saturated rings. The number of nitrogen functional groups attached to an aromatic ring is 1. The van der Waals surface area contributed by atoms with Crippen molar-refractivity contribution in [2.75, 3.05) is 12.3 Å². The first-order valence-corrected chi connectivity index (χ1v) is 11.7. The molecule has 3 aromatic carbocycles. The normalized spacial score (nSPS) is 11.6. The zero-order valence-electron chi connectivity index (χ0n) is 18.9. The van der Waals surface area contributed by atoms with Crippen LogP contribution in [0.3, 0.4) is 0 Å². The Labute approximate surface area is 210 Å². The molecule has 0 aliphatic rings. The van der Waals surface area contributed by atoms with Gasteiger partial charge in [-0.25, -0.2) is 15.3 Å². The molecule has 0 bridgehead atoms. The van der Waals surface area contributed by atoms with Gasteiger partial charge in [0, 0.05) is 5.38 Å². The molecule has 36 heavy (non-hydrogen) atoms. The SMILES string of the molecule is Nc1nc(C(=NOCC(=O)NOC(c2ccccc2)(c2ccccc2)c2ccccc2)C(=O)O)cs1. The lowest BCUT2D eigenvalue weighted by atomic mass is 9.80. The molecule has 0 radical (unpaired) electrons. The maximum absolute atomic E-state index is 12.7. The molecule has 1 amide bonds. The number of anilines is 1. The van der Waals surface area contributed by atoms with Crippen LogP contribution in [-0.2, 0) is 24.9 Å². The highest BCUT2D eigenvalue weighted by Gasteiger charge is 2.39. The summed E-state index contributed by atoms with van der Waals surface area (Å²) in [6.45, 7) is -0.592. The van der Waals surface area contributed by atoms with E-state index >= 15 is 0 Å². The Hall–Kier alpha value is -4.54. The van der Waals surface area contributed by atoms with Gasteiger partial charge in [-0.15, -0.1) is 11.3 Å². The Kier molecular flexibility index (Phi) is 7.69. The topological polar surface area (TPSA) is 136 Å². The minimum atomic E-state index is -1.37. The number of hydroxylamine groups is 1. The molecule has 4 aromatic rings. The summed E-state index contributed by atoms with van der Waals surface area (Å²) < 4.78 is 0. The highest BCUT2D eigenvalue weighted by Crippen LogP contribution is 2.39. The van der Waals surface area contributed by atoms with Crippen molar-refractivity contribution in [2.45, 2.75) is 5.60 Å². The van der Waals surface area contributed by atoms with E-state index in [1.54, 1.807) is 0 Å². The van der Waals surface area contributed by atoms with Crippen LogP contribution in [0.4, 0.5) is 5.13 Å². The van der Waals surface area contributed by atoms with E-state index in [4.69, 9.17) is 15.4 Å². The van der Waals surface area contributed by atoms with Gasteiger partial charge in [-0.2, -0.15) is 0 Å². The number of hydrogen-bond acceptors (Lipinski definition) is 8. The molecule has 4 rings (SSSR count). The quantitative estimate of drug-likeness (QED) is 0.171. The predicted molar refractivity (Wildman–Crippen MR) is 135 cm³/mol. The molecule has 4 N–H and O–H groups in total. The number of nitrogens with one attached hydrogen (secondary N) is 1. The summed E-state index contributed by atoms with van der Waals surface area (Å²) in [6, 6.07) is 28.5. The summed E-state index contributed by atoms with van der Waals surface area (Å²) in [4.78, 5) is 39.2. The Morgan fingerprint density at radius 2 is 1.42 bits per heavy atom. The van der Waals surface area contributed by atoms with Gasteiger partial charge in [-0.05, 0) is 16.7 Å². The fourth-order valence-corrected chi connectivity index (χ4v) is 4.15. The molecule has 0 saturated heterocycles. The number of nitrogens with two attached hydrogens (primary N) is 1. The van der Waals surface area contributed by atoms with Gasteiger partial charge in [0.25, 0.3) is 5.91 Å². The number of amides is 1. The number of benzene rings is 3. The average Bonchev–Trinajstić information content (AvgIpc) is 3.34. The van der Waals surface area contributed by atoms with Crippen LogP contribution in [-0.4, -0.2) is 34.3 Å². The Morgan fingerprint density at radius 3 is 1.83 bits per heavy atom. The van der Waals surface area contributed by atoms with Crippen LogP contribution in [0, 0.1) is 0 Å². The van der Waals surface area contributed by atoms with Gasteiger partial charge < -0.3 is 15.7 Å². The van der Waals surface area contributed by atoms with Gasteiger partial charge in [0.05, 0.1) is 0 Å². The van der Waals surface area contributed by atoms with Crippen LogP contribution in [0.25, 0.3) is 0 Å². The lowest BCUT2D eigenvalue weighted by Gasteiger charge is -2.34. The van der Waals surface area contributed by atoms with E-state index in [2.05, 4.69) is 15.6 Å². The predicted octanol–water partition coefficient (Wildman–Crippen LogP) is 3.57. The number of hydrogen-bond donors (Lipinski definition) is 3. The number of carbonyl (C=O) groups excluding carboxylic acids is 1. The number of carboxylic acid groups (broad SMARTS) is 1. The number of thiazole rings is 1. The fourth-order valence-electron chi connectivity index (χ4n) is 3.61. The van der Waals surface area contributed by atoms with Crippen LogP contribution in [0.1, 0.15) is 22.4 Å². The summed E-state index contributed by atoms with van der Waals surface area (Å²) in [5.74, 6) is -2.04. The smallest absolute Gasteiger partial charge is 0.360 e. The highest BCUT2D eigenvalue weighted by molar-refractivity contribution is 7.13. The Balaban J connectivity index is 1.58. The number of nitrogens with zero attached hydrogens (tertiary/aromatic N) is 2. The second-order valence-corrected chi connectivity index (χ2v) is 8.39. The third-order valence-corrected chi connectivity index (χ3v) is 5.85. The molecule has 1 aromatic heterocycles. The van der Waals surface area contributed by atoms with E-state index in [0.717, 1.165) is 28.0 Å². The van der Waals surface area contributed by atoms with Crippen molar-refractivity contribution in [2.24, 2.45) is 5.16 Å². The molecule has 9 nitrogen and oxygen atoms in total. The zero-order valence-corrected chi connectivity index (χ0v) is 19.7. The third-order valence-electron chi connectivity index (χ3n) is 5.18. The molecule has 10 heteroatoms. The zero-order chi connectivity index (χ0) is 25.4. The summed E-state index contributed by atoms with van der Waals surface area (Å²) in [5, 5.41) is 14.5. The summed E-state index contributed by atoms with van der Waals surface area (Å²) >= 11 is 1.06. The molecule has 0 aliphatic carbocycles. The molecule has 182 valence electrons. The van der Waals surface area contributed by atoms with Gasteiger partial charge >= 0.3 is 5.97 Å². The van der Waals surface area contributed by atoms with Crippen LogP contribution in [0.2, 0.25) is 0 Å². The molecular weight excluding hydrogens is 480 g/mol. The maximum Gasteiger partial charge on any atom is 0.360 e. The van der Waals surface area contributed by atoms with E-state index in [-0.39, 0.29) is 10.8 Å². The van der Waals surface area contributed by atoms with Gasteiger partial charge in [0.15, 0.2) is 17.3 Å². The van der Waals surface area contributed by atoms with E-state index in [0.29, 0.717) is 0 Å². The molecular formula is C26H22N4O5S. The third kappa shape index (κ3) is 5.40. The fraction of sp³-hybridized carbons (Fsp3) is 0.0769. The van der Waals surface area contributed by atoms with Gasteiger partial charge in [0.2, 0.25) is 5.71 Å². The van der Waals surface area contributed by atoms with Crippen LogP contribution in [0.5, 0.6) is 0 Å². The van der Waals surface area contributed by atoms with E-state index in [1.807, 2.05) is 91.0 Å². The van der Waals surface area contributed by atoms with Crippen molar-refractivity contribution < 1.29 is 24.4 Å². The number of aliphatic carboxylic acids is 1. The number of oxime groups is 1. The van der Waals surface area contributed by atoms with Gasteiger partial charge in [-0.1, -0.05) is 96.2 Å². The van der Waals surface area contributed by atoms with Crippen LogP contribution < -0.4 is 11.2 Å². The van der Waals surface area contributed by atoms with Crippen molar-refractivity contribution in [3.8, 4) is 0 Å². The van der Waals surface area contributed by atoms with Crippen molar-refractivity contribution >= 4 is 34.1 Å². The van der Waals surface area contributed by atoms with Gasteiger partial charge in [-0.3, -0.25) is 9.63 Å². The molecule has 0 spiro atoms. The standard InChI is InChI=1S/C26H22N4O5S/c27-25-28-21(17-36-25)23(24(32)33)30-34-16-22(31)29-35-26(18-10-4-1-5-11-18,19-12-6-2-7-13-19)20-14-8-3-9-15-20/h1-15,17H,16H2,(H2,27,28)(H,29,31)(H,32,33). The molecule has 1 heterocycles. The van der Waals surface area contributed by atoms with Crippen molar-refractivity contribution in [1.82, 2.24) is 10.5 Å². The monoisotopic (exact) mass is 502 g/mol. The van der Waals surface area contributed by atoms with Gasteiger partial charge in [0.1, 0.15) is 5.69 Å². The number of carbonyl (C=O) groups is 2. The van der Waals surface area contributed by atoms with E-state index in [1.165, 1.54) is 5.38 Å². The van der Waals surface area contributed by atoms with E-state index in [9.17, 15) is 14.7 Å². The lowest BCUT2D eigenvalue weighted by Crippen LogP contribution is -2.41. The van der Waals surface area contributed by atoms with Crippen molar-refractivity contribution in [1.29, 1.82) is 0 Å². The van der Waals surface area contributed by atoms with Crippen LogP contribution >= 0.6 is 11.3 Å². The Bertz CT molecular complexity index is 1250. The first kappa shape index (κ1) is 24.6. The first-order chi connectivity index (χ1) is 17.5. The molecule has 0 unspecified atom stereocenters. The molecule has 0 atom stereocenters. The lowest BCUT2D eigenvalue weighted by molar-refractivity contribution is -0.148. The summed E-state index contributed by atoms with van der Waals surface area (Å²) in [7, 11) is 0.